The highest BCUT2D eigenvalue weighted by molar-refractivity contribution is 6.32. The molecule has 1 aromatic rings. The van der Waals surface area contributed by atoms with Crippen molar-refractivity contribution in [3.8, 4) is 6.07 Å². The zero-order valence-corrected chi connectivity index (χ0v) is 13.5. The van der Waals surface area contributed by atoms with E-state index in [9.17, 15) is 19.7 Å². The van der Waals surface area contributed by atoms with E-state index in [2.05, 4.69) is 11.4 Å². The van der Waals surface area contributed by atoms with Gasteiger partial charge in [-0.2, -0.15) is 5.26 Å². The van der Waals surface area contributed by atoms with E-state index < -0.39 is 34.6 Å². The van der Waals surface area contributed by atoms with Gasteiger partial charge in [0.25, 0.3) is 11.6 Å². The van der Waals surface area contributed by atoms with Crippen LogP contribution in [0.4, 0.5) is 5.69 Å². The Morgan fingerprint density at radius 1 is 1.54 bits per heavy atom. The summed E-state index contributed by atoms with van der Waals surface area (Å²) in [5.41, 5.74) is -1.51. The molecule has 0 unspecified atom stereocenters. The van der Waals surface area contributed by atoms with Gasteiger partial charge >= 0.3 is 5.97 Å². The first kappa shape index (κ1) is 17.7. The normalized spacial score (nSPS) is 15.7. The molecule has 126 valence electrons. The van der Waals surface area contributed by atoms with Gasteiger partial charge in [0, 0.05) is 6.07 Å². The number of ether oxygens (including phenoxy) is 1. The second kappa shape index (κ2) is 6.84. The summed E-state index contributed by atoms with van der Waals surface area (Å²) in [5.74, 6) is -1.40. The number of carbonyl (C=O) groups is 2. The van der Waals surface area contributed by atoms with E-state index in [1.165, 1.54) is 12.1 Å². The number of carbonyl (C=O) groups excluding carboxylic acids is 2. The number of hydrogen-bond donors (Lipinski definition) is 1. The van der Waals surface area contributed by atoms with Crippen LogP contribution in [0.2, 0.25) is 5.02 Å². The summed E-state index contributed by atoms with van der Waals surface area (Å²) in [4.78, 5) is 33.8. The molecule has 0 aromatic heterocycles. The van der Waals surface area contributed by atoms with Crippen LogP contribution in [0.5, 0.6) is 0 Å². The zero-order chi connectivity index (χ0) is 17.9. The molecule has 24 heavy (non-hydrogen) atoms. The molecule has 8 nitrogen and oxygen atoms in total. The molecule has 0 bridgehead atoms. The standard InChI is InChI=1S/C15H14ClN3O5/c1-15(8-17,10-3-4-10)18-13(20)7-24-14(21)9-2-5-11(16)12(6-9)19(22)23/h2,5-6,10H,3-4,7H2,1H3,(H,18,20)/t15-/m1/s1. The monoisotopic (exact) mass is 351 g/mol. The van der Waals surface area contributed by atoms with Gasteiger partial charge in [-0.25, -0.2) is 4.79 Å². The molecule has 2 rings (SSSR count). The fourth-order valence-electron chi connectivity index (χ4n) is 2.20. The van der Waals surface area contributed by atoms with Gasteiger partial charge in [-0.05, 0) is 37.8 Å². The SMILES string of the molecule is C[C@](C#N)(NC(=O)COC(=O)c1ccc(Cl)c([N+](=O)[O-])c1)C1CC1. The molecule has 1 saturated carbocycles. The highest BCUT2D eigenvalue weighted by Crippen LogP contribution is 2.39. The van der Waals surface area contributed by atoms with Crippen LogP contribution in [-0.4, -0.2) is 28.9 Å². The highest BCUT2D eigenvalue weighted by atomic mass is 35.5. The van der Waals surface area contributed by atoms with E-state index in [1.807, 2.05) is 0 Å². The number of esters is 1. The van der Waals surface area contributed by atoms with E-state index in [0.29, 0.717) is 0 Å². The topological polar surface area (TPSA) is 122 Å². The maximum absolute atomic E-state index is 11.9. The fourth-order valence-corrected chi connectivity index (χ4v) is 2.39. The summed E-state index contributed by atoms with van der Waals surface area (Å²) in [7, 11) is 0. The number of halogens is 1. The number of nitrogens with one attached hydrogen (secondary N) is 1. The lowest BCUT2D eigenvalue weighted by Gasteiger charge is -2.22. The zero-order valence-electron chi connectivity index (χ0n) is 12.7. The molecule has 0 heterocycles. The van der Waals surface area contributed by atoms with Crippen molar-refractivity contribution in [3.63, 3.8) is 0 Å². The summed E-state index contributed by atoms with van der Waals surface area (Å²) in [6.45, 7) is 1.03. The lowest BCUT2D eigenvalue weighted by atomic mass is 9.98. The van der Waals surface area contributed by atoms with Crippen LogP contribution in [-0.2, 0) is 9.53 Å². The molecule has 1 aromatic carbocycles. The van der Waals surface area contributed by atoms with Gasteiger partial charge in [0.2, 0.25) is 0 Å². The summed E-state index contributed by atoms with van der Waals surface area (Å²) in [6.07, 6.45) is 1.72. The van der Waals surface area contributed by atoms with Gasteiger partial charge in [0.15, 0.2) is 6.61 Å². The summed E-state index contributed by atoms with van der Waals surface area (Å²) < 4.78 is 4.83. The van der Waals surface area contributed by atoms with Crippen molar-refractivity contribution in [2.45, 2.75) is 25.3 Å². The number of nitrogens with zero attached hydrogens (tertiary/aromatic N) is 2. The van der Waals surface area contributed by atoms with Crippen molar-refractivity contribution < 1.29 is 19.2 Å². The van der Waals surface area contributed by atoms with Crippen molar-refractivity contribution in [1.29, 1.82) is 5.26 Å². The predicted octanol–water partition coefficient (Wildman–Crippen LogP) is 2.21. The minimum absolute atomic E-state index is 0.0934. The third-order valence-electron chi connectivity index (χ3n) is 3.74. The van der Waals surface area contributed by atoms with Crippen molar-refractivity contribution in [3.05, 3.63) is 38.9 Å². The summed E-state index contributed by atoms with van der Waals surface area (Å²) in [5, 5.41) is 22.4. The number of nitro groups is 1. The van der Waals surface area contributed by atoms with Gasteiger partial charge in [-0.15, -0.1) is 0 Å². The Labute approximate surface area is 142 Å². The first-order valence-electron chi connectivity index (χ1n) is 7.10. The number of hydrogen-bond acceptors (Lipinski definition) is 6. The number of rotatable bonds is 6. The van der Waals surface area contributed by atoms with E-state index in [-0.39, 0.29) is 16.5 Å². The maximum atomic E-state index is 11.9. The average molecular weight is 352 g/mol. The molecule has 0 radical (unpaired) electrons. The van der Waals surface area contributed by atoms with Crippen LogP contribution in [0.3, 0.4) is 0 Å². The Bertz CT molecular complexity index is 741. The third kappa shape index (κ3) is 4.00. The van der Waals surface area contributed by atoms with Gasteiger partial charge in [0.1, 0.15) is 10.6 Å². The molecule has 9 heteroatoms. The molecular weight excluding hydrogens is 338 g/mol. The van der Waals surface area contributed by atoms with Crippen LogP contribution in [0.25, 0.3) is 0 Å². The Morgan fingerprint density at radius 3 is 2.75 bits per heavy atom. The highest BCUT2D eigenvalue weighted by Gasteiger charge is 2.43. The Morgan fingerprint density at radius 2 is 2.21 bits per heavy atom. The van der Waals surface area contributed by atoms with Crippen molar-refractivity contribution in [2.24, 2.45) is 5.92 Å². The number of benzene rings is 1. The molecular formula is C15H14ClN3O5. The third-order valence-corrected chi connectivity index (χ3v) is 4.06. The predicted molar refractivity (Wildman–Crippen MR) is 83.3 cm³/mol. The minimum Gasteiger partial charge on any atom is -0.452 e. The Hall–Kier alpha value is -2.66. The first-order valence-corrected chi connectivity index (χ1v) is 7.48. The minimum atomic E-state index is -0.984. The fraction of sp³-hybridized carbons (Fsp3) is 0.400. The summed E-state index contributed by atoms with van der Waals surface area (Å²) >= 11 is 5.66. The van der Waals surface area contributed by atoms with E-state index in [0.717, 1.165) is 18.9 Å². The number of nitriles is 1. The average Bonchev–Trinajstić information content (AvgIpc) is 3.38. The lowest BCUT2D eigenvalue weighted by molar-refractivity contribution is -0.384. The molecule has 1 atom stereocenters. The number of amides is 1. The van der Waals surface area contributed by atoms with Crippen LogP contribution >= 0.6 is 11.6 Å². The Balaban J connectivity index is 1.96. The molecule has 1 aliphatic carbocycles. The first-order chi connectivity index (χ1) is 11.3. The molecule has 0 saturated heterocycles. The van der Waals surface area contributed by atoms with Crippen LogP contribution in [0, 0.1) is 27.4 Å². The van der Waals surface area contributed by atoms with Crippen molar-refractivity contribution >= 4 is 29.2 Å². The van der Waals surface area contributed by atoms with Gasteiger partial charge in [-0.1, -0.05) is 11.6 Å². The van der Waals surface area contributed by atoms with Crippen LogP contribution in [0.1, 0.15) is 30.1 Å². The second-order valence-corrected chi connectivity index (χ2v) is 6.04. The van der Waals surface area contributed by atoms with Gasteiger partial charge < -0.3 is 10.1 Å². The molecule has 1 aliphatic rings. The molecule has 1 fully saturated rings. The number of nitro benzene ring substituents is 1. The van der Waals surface area contributed by atoms with Crippen LogP contribution < -0.4 is 5.32 Å². The van der Waals surface area contributed by atoms with Crippen LogP contribution in [0.15, 0.2) is 18.2 Å². The lowest BCUT2D eigenvalue weighted by Crippen LogP contribution is -2.48. The molecule has 0 spiro atoms. The van der Waals surface area contributed by atoms with Crippen molar-refractivity contribution in [2.75, 3.05) is 6.61 Å². The van der Waals surface area contributed by atoms with Crippen molar-refractivity contribution in [1.82, 2.24) is 5.32 Å². The molecule has 1 N–H and O–H groups in total. The van der Waals surface area contributed by atoms with E-state index >= 15 is 0 Å². The van der Waals surface area contributed by atoms with Gasteiger partial charge in [-0.3, -0.25) is 14.9 Å². The van der Waals surface area contributed by atoms with Gasteiger partial charge in [0.05, 0.1) is 16.6 Å². The Kier molecular flexibility index (Phi) is 5.04. The second-order valence-electron chi connectivity index (χ2n) is 5.64. The quantitative estimate of drug-likeness (QED) is 0.476. The molecule has 1 amide bonds. The maximum Gasteiger partial charge on any atom is 0.338 e. The summed E-state index contributed by atoms with van der Waals surface area (Å²) in [6, 6.07) is 5.50. The largest absolute Gasteiger partial charge is 0.452 e. The van der Waals surface area contributed by atoms with E-state index in [4.69, 9.17) is 21.6 Å². The molecule has 0 aliphatic heterocycles. The smallest absolute Gasteiger partial charge is 0.338 e. The van der Waals surface area contributed by atoms with E-state index in [1.54, 1.807) is 6.92 Å².